The molecule has 1 aliphatic rings. The molecule has 1 aromatic heterocycles. The monoisotopic (exact) mass is 416 g/mol. The first-order valence-corrected chi connectivity index (χ1v) is 10.5. The third kappa shape index (κ3) is 4.78. The molecule has 2 N–H and O–H groups in total. The Balaban J connectivity index is 1.86. The van der Waals surface area contributed by atoms with E-state index in [0.29, 0.717) is 0 Å². The fourth-order valence-electron chi connectivity index (χ4n) is 4.69. The van der Waals surface area contributed by atoms with Crippen LogP contribution >= 0.6 is 0 Å². The van der Waals surface area contributed by atoms with Crippen molar-refractivity contribution in [3.8, 4) is 0 Å². The van der Waals surface area contributed by atoms with Crippen LogP contribution in [0.4, 0.5) is 0 Å². The highest BCUT2D eigenvalue weighted by molar-refractivity contribution is 5.89. The molecular weight excluding hydrogens is 388 g/mol. The number of ether oxygens (including phenoxy) is 1. The Morgan fingerprint density at radius 3 is 2.32 bits per heavy atom. The third-order valence-corrected chi connectivity index (χ3v) is 5.53. The number of nitrogens with one attached hydrogen (secondary N) is 1. The molecule has 1 aliphatic heterocycles. The van der Waals surface area contributed by atoms with E-state index >= 15 is 0 Å². The number of hydrogen-bond acceptors (Lipinski definition) is 3. The standard InChI is InChI=1S/C26H28N2O3/c1-25(2)14-21(15-26(3,4)31-25)24(19-10-11-22-20(13-19)16-27-28-22)18-8-5-17(6-9-18)7-12-23(29)30/h5-13,16H,14-15H2,1-4H3,(H,27,28)(H,29,30)/b12-7+. The van der Waals surface area contributed by atoms with Crippen molar-refractivity contribution < 1.29 is 14.6 Å². The van der Waals surface area contributed by atoms with Crippen LogP contribution < -0.4 is 0 Å². The zero-order chi connectivity index (χ0) is 22.2. The van der Waals surface area contributed by atoms with Crippen LogP contribution in [0, 0.1) is 0 Å². The maximum atomic E-state index is 10.8. The Kier molecular flexibility index (Phi) is 5.31. The van der Waals surface area contributed by atoms with E-state index in [-0.39, 0.29) is 11.2 Å². The number of nitrogens with zero attached hydrogens (tertiary/aromatic N) is 1. The predicted octanol–water partition coefficient (Wildman–Crippen LogP) is 5.83. The van der Waals surface area contributed by atoms with Crippen molar-refractivity contribution in [2.24, 2.45) is 0 Å². The normalized spacial score (nSPS) is 17.9. The molecule has 1 fully saturated rings. The molecule has 0 amide bonds. The lowest BCUT2D eigenvalue weighted by molar-refractivity contribution is -0.138. The molecule has 0 saturated carbocycles. The van der Waals surface area contributed by atoms with Crippen molar-refractivity contribution in [3.63, 3.8) is 0 Å². The van der Waals surface area contributed by atoms with Gasteiger partial charge in [0.15, 0.2) is 0 Å². The van der Waals surface area contributed by atoms with Gasteiger partial charge < -0.3 is 9.84 Å². The zero-order valence-electron chi connectivity index (χ0n) is 18.4. The summed E-state index contributed by atoms with van der Waals surface area (Å²) in [5.41, 5.74) is 6.17. The number of carboxylic acids is 1. The maximum absolute atomic E-state index is 10.8. The lowest BCUT2D eigenvalue weighted by Gasteiger charge is -2.43. The van der Waals surface area contributed by atoms with Crippen LogP contribution in [0.3, 0.4) is 0 Å². The first kappa shape index (κ1) is 21.1. The fraction of sp³-hybridized carbons (Fsp3) is 0.308. The molecule has 5 nitrogen and oxygen atoms in total. The molecule has 0 unspecified atom stereocenters. The molecule has 0 spiro atoms. The van der Waals surface area contributed by atoms with E-state index < -0.39 is 5.97 Å². The molecule has 4 rings (SSSR count). The van der Waals surface area contributed by atoms with Crippen LogP contribution in [0.25, 0.3) is 22.6 Å². The Labute approximate surface area is 182 Å². The summed E-state index contributed by atoms with van der Waals surface area (Å²) in [6, 6.07) is 14.4. The van der Waals surface area contributed by atoms with E-state index in [4.69, 9.17) is 9.84 Å². The lowest BCUT2D eigenvalue weighted by Crippen LogP contribution is -2.42. The number of aromatic amines is 1. The van der Waals surface area contributed by atoms with Gasteiger partial charge in [0.25, 0.3) is 0 Å². The summed E-state index contributed by atoms with van der Waals surface area (Å²) in [6.07, 6.45) is 6.30. The fourth-order valence-corrected chi connectivity index (χ4v) is 4.69. The first-order valence-electron chi connectivity index (χ1n) is 10.5. The highest BCUT2D eigenvalue weighted by Crippen LogP contribution is 2.43. The lowest BCUT2D eigenvalue weighted by atomic mass is 9.79. The summed E-state index contributed by atoms with van der Waals surface area (Å²) < 4.78 is 6.33. The third-order valence-electron chi connectivity index (χ3n) is 5.53. The summed E-state index contributed by atoms with van der Waals surface area (Å²) >= 11 is 0. The number of carbonyl (C=O) groups is 1. The predicted molar refractivity (Wildman–Crippen MR) is 124 cm³/mol. The van der Waals surface area contributed by atoms with Gasteiger partial charge in [0, 0.05) is 11.5 Å². The van der Waals surface area contributed by atoms with E-state index in [1.54, 1.807) is 6.08 Å². The van der Waals surface area contributed by atoms with Crippen LogP contribution in [0.15, 0.2) is 60.3 Å². The van der Waals surface area contributed by atoms with Crippen LogP contribution in [0.5, 0.6) is 0 Å². The van der Waals surface area contributed by atoms with E-state index in [1.165, 1.54) is 11.1 Å². The minimum Gasteiger partial charge on any atom is -0.478 e. The van der Waals surface area contributed by atoms with Crippen molar-refractivity contribution in [2.45, 2.75) is 51.7 Å². The van der Waals surface area contributed by atoms with Gasteiger partial charge >= 0.3 is 5.97 Å². The van der Waals surface area contributed by atoms with Gasteiger partial charge in [0.05, 0.1) is 22.9 Å². The average Bonchev–Trinajstić information content (AvgIpc) is 3.13. The van der Waals surface area contributed by atoms with Crippen LogP contribution in [-0.2, 0) is 9.53 Å². The summed E-state index contributed by atoms with van der Waals surface area (Å²) in [5.74, 6) is -0.952. The van der Waals surface area contributed by atoms with Gasteiger partial charge in [-0.3, -0.25) is 5.10 Å². The molecule has 1 saturated heterocycles. The second-order valence-corrected chi connectivity index (χ2v) is 9.42. The van der Waals surface area contributed by atoms with Crippen molar-refractivity contribution in [1.82, 2.24) is 10.2 Å². The highest BCUT2D eigenvalue weighted by atomic mass is 16.5. The quantitative estimate of drug-likeness (QED) is 0.525. The van der Waals surface area contributed by atoms with E-state index in [9.17, 15) is 4.79 Å². The number of H-pyrrole nitrogens is 1. The Bertz CT molecular complexity index is 1160. The van der Waals surface area contributed by atoms with E-state index in [1.807, 2.05) is 18.3 Å². The highest BCUT2D eigenvalue weighted by Gasteiger charge is 2.37. The Morgan fingerprint density at radius 2 is 1.68 bits per heavy atom. The van der Waals surface area contributed by atoms with Gasteiger partial charge in [-0.25, -0.2) is 4.79 Å². The summed E-state index contributed by atoms with van der Waals surface area (Å²) in [7, 11) is 0. The van der Waals surface area contributed by atoms with Gasteiger partial charge in [0.2, 0.25) is 0 Å². The second-order valence-electron chi connectivity index (χ2n) is 9.42. The second kappa shape index (κ2) is 7.82. The maximum Gasteiger partial charge on any atom is 0.328 e. The first-order chi connectivity index (χ1) is 14.6. The van der Waals surface area contributed by atoms with Crippen LogP contribution in [-0.4, -0.2) is 32.5 Å². The molecule has 5 heteroatoms. The molecule has 0 aliphatic carbocycles. The number of fused-ring (bicyclic) bond motifs is 1. The summed E-state index contributed by atoms with van der Waals surface area (Å²) in [5, 5.41) is 17.1. The number of hydrogen-bond donors (Lipinski definition) is 2. The van der Waals surface area contributed by atoms with Gasteiger partial charge in [-0.15, -0.1) is 0 Å². The van der Waals surface area contributed by atoms with E-state index in [0.717, 1.165) is 46.5 Å². The number of rotatable bonds is 4. The van der Waals surface area contributed by atoms with Crippen molar-refractivity contribution in [2.75, 3.05) is 0 Å². The molecule has 0 bridgehead atoms. The SMILES string of the molecule is CC1(C)CC(=C(c2ccc(/C=C/C(=O)O)cc2)c2ccc3[nH]ncc3c2)CC(C)(C)O1. The average molecular weight is 417 g/mol. The van der Waals surface area contributed by atoms with Gasteiger partial charge in [-0.05, 0) is 81.0 Å². The zero-order valence-corrected chi connectivity index (χ0v) is 18.4. The molecule has 2 aromatic carbocycles. The van der Waals surface area contributed by atoms with Gasteiger partial charge in [-0.2, -0.15) is 5.10 Å². The summed E-state index contributed by atoms with van der Waals surface area (Å²) in [6.45, 7) is 8.57. The van der Waals surface area contributed by atoms with Crippen LogP contribution in [0.2, 0.25) is 0 Å². The van der Waals surface area contributed by atoms with Gasteiger partial charge in [0.1, 0.15) is 0 Å². The Hall–Kier alpha value is -3.18. The minimum absolute atomic E-state index is 0.258. The number of benzene rings is 2. The smallest absolute Gasteiger partial charge is 0.328 e. The molecule has 2 heterocycles. The number of aromatic nitrogens is 2. The van der Waals surface area contributed by atoms with E-state index in [2.05, 4.69) is 68.2 Å². The molecule has 160 valence electrons. The topological polar surface area (TPSA) is 75.2 Å². The van der Waals surface area contributed by atoms with Crippen molar-refractivity contribution >= 4 is 28.5 Å². The minimum atomic E-state index is -0.952. The number of aliphatic carboxylic acids is 1. The van der Waals surface area contributed by atoms with Gasteiger partial charge in [-0.1, -0.05) is 35.9 Å². The van der Waals surface area contributed by atoms with Crippen LogP contribution in [0.1, 0.15) is 57.2 Å². The Morgan fingerprint density at radius 1 is 1.03 bits per heavy atom. The molecule has 0 radical (unpaired) electrons. The van der Waals surface area contributed by atoms with Crippen molar-refractivity contribution in [1.29, 1.82) is 0 Å². The van der Waals surface area contributed by atoms with Crippen molar-refractivity contribution in [3.05, 3.63) is 77.0 Å². The molecular formula is C26H28N2O3. The molecule has 0 atom stereocenters. The largest absolute Gasteiger partial charge is 0.478 e. The number of carboxylic acid groups (broad SMARTS) is 1. The molecule has 3 aromatic rings. The summed E-state index contributed by atoms with van der Waals surface area (Å²) in [4.78, 5) is 10.8. The molecule has 31 heavy (non-hydrogen) atoms.